The second-order valence-corrected chi connectivity index (χ2v) is 8.48. The molecule has 0 saturated heterocycles. The number of ether oxygens (including phenoxy) is 1. The minimum Gasteiger partial charge on any atom is -0.493 e. The molecule has 0 aliphatic heterocycles. The third kappa shape index (κ3) is 5.58. The zero-order valence-electron chi connectivity index (χ0n) is 11.3. The van der Waals surface area contributed by atoms with Crippen LogP contribution >= 0.6 is 26.6 Å². The van der Waals surface area contributed by atoms with Gasteiger partial charge in [0.2, 0.25) is 9.05 Å². The molecular formula is C13H17BrClFO3S. The maximum atomic E-state index is 13.3. The minimum absolute atomic E-state index is 0.162. The second kappa shape index (κ2) is 7.09. The molecule has 0 bridgehead atoms. The lowest BCUT2D eigenvalue weighted by molar-refractivity contribution is 0.154. The quantitative estimate of drug-likeness (QED) is 0.654. The maximum absolute atomic E-state index is 13.3. The van der Waals surface area contributed by atoms with E-state index >= 15 is 0 Å². The van der Waals surface area contributed by atoms with Gasteiger partial charge in [0.25, 0.3) is 0 Å². The van der Waals surface area contributed by atoms with Gasteiger partial charge >= 0.3 is 0 Å². The number of benzene rings is 1. The van der Waals surface area contributed by atoms with Gasteiger partial charge in [0.05, 0.1) is 12.4 Å². The third-order valence-corrected chi connectivity index (χ3v) is 5.10. The summed E-state index contributed by atoms with van der Waals surface area (Å²) in [5.41, 5.74) is -0.570. The lowest BCUT2D eigenvalue weighted by Gasteiger charge is -2.30. The van der Waals surface area contributed by atoms with Crippen LogP contribution in [0.25, 0.3) is 0 Å². The van der Waals surface area contributed by atoms with Gasteiger partial charge in [0, 0.05) is 26.6 Å². The van der Waals surface area contributed by atoms with Crippen LogP contribution in [0.3, 0.4) is 0 Å². The Labute approximate surface area is 132 Å². The molecule has 0 N–H and O–H groups in total. The van der Waals surface area contributed by atoms with Crippen molar-refractivity contribution in [2.75, 3.05) is 12.4 Å². The summed E-state index contributed by atoms with van der Waals surface area (Å²) >= 11 is 3.18. The van der Waals surface area contributed by atoms with Crippen molar-refractivity contribution in [3.05, 3.63) is 28.5 Å². The topological polar surface area (TPSA) is 43.4 Å². The molecule has 1 aromatic rings. The third-order valence-electron chi connectivity index (χ3n) is 3.36. The van der Waals surface area contributed by atoms with E-state index in [1.807, 2.05) is 13.8 Å². The Morgan fingerprint density at radius 2 is 1.90 bits per heavy atom. The number of rotatable bonds is 7. The first-order valence-corrected chi connectivity index (χ1v) is 9.48. The van der Waals surface area contributed by atoms with Crippen molar-refractivity contribution >= 4 is 35.7 Å². The van der Waals surface area contributed by atoms with Gasteiger partial charge in [-0.3, -0.25) is 0 Å². The van der Waals surface area contributed by atoms with E-state index in [1.54, 1.807) is 6.07 Å². The number of hydrogen-bond donors (Lipinski definition) is 0. The van der Waals surface area contributed by atoms with Crippen LogP contribution < -0.4 is 4.74 Å². The van der Waals surface area contributed by atoms with E-state index in [0.29, 0.717) is 23.1 Å². The lowest BCUT2D eigenvalue weighted by atomic mass is 9.85. The van der Waals surface area contributed by atoms with Crippen LogP contribution in [0.5, 0.6) is 5.75 Å². The second-order valence-electron chi connectivity index (χ2n) is 4.78. The maximum Gasteiger partial charge on any atom is 0.233 e. The summed E-state index contributed by atoms with van der Waals surface area (Å²) in [5.74, 6) is -0.224. The molecule has 3 nitrogen and oxygen atoms in total. The largest absolute Gasteiger partial charge is 0.493 e. The molecule has 0 unspecified atom stereocenters. The van der Waals surface area contributed by atoms with Crippen LogP contribution in [-0.2, 0) is 9.05 Å². The van der Waals surface area contributed by atoms with Crippen molar-refractivity contribution < 1.29 is 17.5 Å². The fraction of sp³-hybridized carbons (Fsp3) is 0.538. The predicted molar refractivity (Wildman–Crippen MR) is 82.2 cm³/mol. The van der Waals surface area contributed by atoms with Crippen LogP contribution in [0.2, 0.25) is 0 Å². The Balaban J connectivity index is 2.86. The van der Waals surface area contributed by atoms with Gasteiger partial charge < -0.3 is 4.74 Å². The van der Waals surface area contributed by atoms with E-state index in [2.05, 4.69) is 15.9 Å². The standard InChI is InChI=1S/C13H17BrClFO3S/c1-3-13(4-2,9-20(15,17)18)8-19-12-6-10(14)5-11(16)7-12/h5-7H,3-4,8-9H2,1-2H3. The predicted octanol–water partition coefficient (Wildman–Crippen LogP) is 4.34. The van der Waals surface area contributed by atoms with E-state index < -0.39 is 20.3 Å². The molecule has 0 radical (unpaired) electrons. The fourth-order valence-corrected chi connectivity index (χ4v) is 4.28. The van der Waals surface area contributed by atoms with Crippen LogP contribution in [0.15, 0.2) is 22.7 Å². The average molecular weight is 388 g/mol. The monoisotopic (exact) mass is 386 g/mol. The van der Waals surface area contributed by atoms with Gasteiger partial charge in [0.1, 0.15) is 11.6 Å². The van der Waals surface area contributed by atoms with E-state index in [0.717, 1.165) is 0 Å². The summed E-state index contributed by atoms with van der Waals surface area (Å²) in [5, 5.41) is 0. The Bertz CT molecular complexity index is 538. The molecule has 1 rings (SSSR count). The molecule has 0 amide bonds. The smallest absolute Gasteiger partial charge is 0.233 e. The zero-order chi connectivity index (χ0) is 15.4. The summed E-state index contributed by atoms with van der Waals surface area (Å²) in [6.07, 6.45) is 1.21. The summed E-state index contributed by atoms with van der Waals surface area (Å²) in [6.45, 7) is 3.94. The summed E-state index contributed by atoms with van der Waals surface area (Å²) in [6, 6.07) is 4.22. The highest BCUT2D eigenvalue weighted by Crippen LogP contribution is 2.31. The van der Waals surface area contributed by atoms with Gasteiger partial charge in [-0.1, -0.05) is 29.8 Å². The number of hydrogen-bond acceptors (Lipinski definition) is 3. The molecule has 0 fully saturated rings. The molecule has 7 heteroatoms. The molecule has 0 spiro atoms. The molecule has 114 valence electrons. The molecule has 0 heterocycles. The Morgan fingerprint density at radius 1 is 1.30 bits per heavy atom. The van der Waals surface area contributed by atoms with Crippen molar-refractivity contribution in [3.8, 4) is 5.75 Å². The van der Waals surface area contributed by atoms with Gasteiger partial charge in [0.15, 0.2) is 0 Å². The Kier molecular flexibility index (Phi) is 6.28. The normalized spacial score (nSPS) is 12.4. The molecule has 0 aliphatic rings. The average Bonchev–Trinajstić information content (AvgIpc) is 2.32. The molecule has 20 heavy (non-hydrogen) atoms. The van der Waals surface area contributed by atoms with Gasteiger partial charge in [-0.15, -0.1) is 0 Å². The summed E-state index contributed by atoms with van der Waals surface area (Å²) in [4.78, 5) is 0. The van der Waals surface area contributed by atoms with E-state index in [4.69, 9.17) is 15.4 Å². The van der Waals surface area contributed by atoms with Crippen LogP contribution in [0.1, 0.15) is 26.7 Å². The Hall–Kier alpha value is -0.330. The van der Waals surface area contributed by atoms with Gasteiger partial charge in [-0.2, -0.15) is 0 Å². The van der Waals surface area contributed by atoms with Crippen LogP contribution in [0.4, 0.5) is 4.39 Å². The molecule has 0 aliphatic carbocycles. The SMILES string of the molecule is CCC(CC)(COc1cc(F)cc(Br)c1)CS(=O)(=O)Cl. The first-order valence-electron chi connectivity index (χ1n) is 6.21. The first-order chi connectivity index (χ1) is 9.19. The molecule has 0 aromatic heterocycles. The first kappa shape index (κ1) is 17.7. The van der Waals surface area contributed by atoms with Crippen molar-refractivity contribution in [3.63, 3.8) is 0 Å². The highest BCUT2D eigenvalue weighted by Gasteiger charge is 2.32. The van der Waals surface area contributed by atoms with Crippen LogP contribution in [0, 0.1) is 11.2 Å². The van der Waals surface area contributed by atoms with E-state index in [-0.39, 0.29) is 12.4 Å². The summed E-state index contributed by atoms with van der Waals surface area (Å²) in [7, 11) is 1.74. The lowest BCUT2D eigenvalue weighted by Crippen LogP contribution is -2.33. The fourth-order valence-electron chi connectivity index (χ4n) is 1.91. The van der Waals surface area contributed by atoms with Crippen LogP contribution in [-0.4, -0.2) is 20.8 Å². The van der Waals surface area contributed by atoms with Crippen molar-refractivity contribution in [2.45, 2.75) is 26.7 Å². The van der Waals surface area contributed by atoms with E-state index in [1.165, 1.54) is 12.1 Å². The van der Waals surface area contributed by atoms with Gasteiger partial charge in [-0.05, 0) is 25.0 Å². The summed E-state index contributed by atoms with van der Waals surface area (Å²) < 4.78 is 42.0. The number of halogens is 3. The van der Waals surface area contributed by atoms with Crippen molar-refractivity contribution in [1.29, 1.82) is 0 Å². The molecule has 1 aromatic carbocycles. The minimum atomic E-state index is -3.62. The Morgan fingerprint density at radius 3 is 2.35 bits per heavy atom. The molecular weight excluding hydrogens is 371 g/mol. The highest BCUT2D eigenvalue weighted by molar-refractivity contribution is 9.10. The van der Waals surface area contributed by atoms with E-state index in [9.17, 15) is 12.8 Å². The van der Waals surface area contributed by atoms with Gasteiger partial charge in [-0.25, -0.2) is 12.8 Å². The zero-order valence-corrected chi connectivity index (χ0v) is 14.5. The molecule has 0 saturated carbocycles. The highest BCUT2D eigenvalue weighted by atomic mass is 79.9. The molecule has 0 atom stereocenters. The van der Waals surface area contributed by atoms with Crippen molar-refractivity contribution in [2.24, 2.45) is 5.41 Å². The van der Waals surface area contributed by atoms with Crippen molar-refractivity contribution in [1.82, 2.24) is 0 Å².